The van der Waals surface area contributed by atoms with Gasteiger partial charge in [-0.1, -0.05) is 12.1 Å². The second kappa shape index (κ2) is 16.0. The first-order valence-electron chi connectivity index (χ1n) is 13.3. The summed E-state index contributed by atoms with van der Waals surface area (Å²) >= 11 is 0. The summed E-state index contributed by atoms with van der Waals surface area (Å²) in [6, 6.07) is 9.09. The molecule has 0 saturated carbocycles. The number of carboxylic acids is 2. The molecule has 1 aliphatic heterocycles. The van der Waals surface area contributed by atoms with Crippen LogP contribution in [-0.2, 0) is 26.7 Å². The van der Waals surface area contributed by atoms with Crippen molar-refractivity contribution in [3.63, 3.8) is 0 Å². The normalized spacial score (nSPS) is 13.6. The number of nitrogens with one attached hydrogen (secondary N) is 2. The zero-order valence-corrected chi connectivity index (χ0v) is 24.9. The SMILES string of the molecule is N=C(N)c1cccc(-n2nc(C(F)(F)F)cc2C(=O)Nc2ccc(N3CCOCC3)c(C(F)(F)F)c2)c1.O=C(O)C(F)(F)F.O=C(O)C(F)(F)F. The molecule has 0 radical (unpaired) electrons. The van der Waals surface area contributed by atoms with Crippen LogP contribution in [-0.4, -0.2) is 82.3 Å². The lowest BCUT2D eigenvalue weighted by Gasteiger charge is -2.31. The van der Waals surface area contributed by atoms with Crippen molar-refractivity contribution < 1.29 is 82.0 Å². The largest absolute Gasteiger partial charge is 0.490 e. The van der Waals surface area contributed by atoms with Crippen LogP contribution >= 0.6 is 0 Å². The van der Waals surface area contributed by atoms with E-state index in [-0.39, 0.29) is 54.8 Å². The van der Waals surface area contributed by atoms with E-state index in [0.717, 1.165) is 6.07 Å². The fourth-order valence-corrected chi connectivity index (χ4v) is 3.80. The predicted molar refractivity (Wildman–Crippen MR) is 149 cm³/mol. The number of nitrogen functional groups attached to an aromatic ring is 1. The van der Waals surface area contributed by atoms with Gasteiger partial charge in [0.05, 0.1) is 24.5 Å². The molecule has 24 heteroatoms. The molecule has 2 aromatic carbocycles. The summed E-state index contributed by atoms with van der Waals surface area (Å²) in [6.07, 6.45) is -19.8. The first-order chi connectivity index (χ1) is 23.2. The van der Waals surface area contributed by atoms with Gasteiger partial charge in [0.15, 0.2) is 5.69 Å². The molecule has 2 heterocycles. The first kappa shape index (κ1) is 41.6. The fraction of sp³-hybridized carbons (Fsp3) is 0.296. The van der Waals surface area contributed by atoms with Crippen LogP contribution < -0.4 is 16.0 Å². The molecule has 0 unspecified atom stereocenters. The Bertz CT molecular complexity index is 1710. The molecular formula is C27H22F12N6O6. The third kappa shape index (κ3) is 12.1. The number of alkyl halides is 12. The van der Waals surface area contributed by atoms with Gasteiger partial charge >= 0.3 is 36.6 Å². The van der Waals surface area contributed by atoms with E-state index in [1.54, 1.807) is 0 Å². The Morgan fingerprint density at radius 1 is 0.804 bits per heavy atom. The van der Waals surface area contributed by atoms with Crippen molar-refractivity contribution in [3.05, 3.63) is 71.0 Å². The Hall–Kier alpha value is -5.55. The van der Waals surface area contributed by atoms with E-state index in [0.29, 0.717) is 10.7 Å². The molecule has 12 nitrogen and oxygen atoms in total. The van der Waals surface area contributed by atoms with Gasteiger partial charge in [-0.3, -0.25) is 10.2 Å². The van der Waals surface area contributed by atoms with Gasteiger partial charge in [-0.2, -0.15) is 57.8 Å². The highest BCUT2D eigenvalue weighted by Gasteiger charge is 2.40. The Morgan fingerprint density at radius 3 is 1.78 bits per heavy atom. The van der Waals surface area contributed by atoms with Gasteiger partial charge in [-0.25, -0.2) is 14.3 Å². The zero-order valence-electron chi connectivity index (χ0n) is 24.9. The lowest BCUT2D eigenvalue weighted by Crippen LogP contribution is -2.37. The van der Waals surface area contributed by atoms with E-state index in [4.69, 9.17) is 35.7 Å². The van der Waals surface area contributed by atoms with E-state index in [1.165, 1.54) is 41.3 Å². The number of nitrogens with zero attached hydrogens (tertiary/aromatic N) is 3. The summed E-state index contributed by atoms with van der Waals surface area (Å²) in [7, 11) is 0. The number of benzene rings is 2. The predicted octanol–water partition coefficient (Wildman–Crippen LogP) is 5.55. The van der Waals surface area contributed by atoms with Crippen molar-refractivity contribution >= 4 is 35.1 Å². The number of ether oxygens (including phenoxy) is 1. The van der Waals surface area contributed by atoms with Crippen molar-refractivity contribution in [2.45, 2.75) is 24.7 Å². The number of amidine groups is 1. The van der Waals surface area contributed by atoms with Crippen LogP contribution in [0.25, 0.3) is 5.69 Å². The molecule has 1 amide bonds. The number of hydrogen-bond donors (Lipinski definition) is 5. The van der Waals surface area contributed by atoms with Crippen molar-refractivity contribution in [2.24, 2.45) is 5.73 Å². The fourth-order valence-electron chi connectivity index (χ4n) is 3.80. The van der Waals surface area contributed by atoms with Gasteiger partial charge < -0.3 is 30.9 Å². The number of morpholine rings is 1. The molecule has 0 aliphatic carbocycles. The summed E-state index contributed by atoms with van der Waals surface area (Å²) in [5, 5.41) is 27.5. The number of aromatic nitrogens is 2. The van der Waals surface area contributed by atoms with E-state index in [9.17, 15) is 57.5 Å². The molecule has 1 aromatic heterocycles. The minimum Gasteiger partial charge on any atom is -0.475 e. The van der Waals surface area contributed by atoms with Gasteiger partial charge in [0.25, 0.3) is 5.91 Å². The molecule has 3 aromatic rings. The van der Waals surface area contributed by atoms with Crippen LogP contribution in [0, 0.1) is 5.41 Å². The van der Waals surface area contributed by atoms with Crippen molar-refractivity contribution in [3.8, 4) is 5.69 Å². The smallest absolute Gasteiger partial charge is 0.475 e. The maximum Gasteiger partial charge on any atom is 0.490 e. The van der Waals surface area contributed by atoms with Crippen molar-refractivity contribution in [2.75, 3.05) is 36.5 Å². The van der Waals surface area contributed by atoms with Gasteiger partial charge in [-0.05, 0) is 30.3 Å². The number of carbonyl (C=O) groups excluding carboxylic acids is 1. The number of anilines is 2. The molecule has 1 aliphatic rings. The Balaban J connectivity index is 0.000000543. The van der Waals surface area contributed by atoms with E-state index >= 15 is 0 Å². The van der Waals surface area contributed by atoms with Crippen LogP contribution in [0.2, 0.25) is 0 Å². The molecule has 0 bridgehead atoms. The molecule has 1 saturated heterocycles. The van der Waals surface area contributed by atoms with Crippen LogP contribution in [0.5, 0.6) is 0 Å². The molecular weight excluding hydrogens is 732 g/mol. The Kier molecular flexibility index (Phi) is 13.0. The number of rotatable bonds is 5. The lowest BCUT2D eigenvalue weighted by atomic mass is 10.1. The average Bonchev–Trinajstić information content (AvgIpc) is 3.48. The van der Waals surface area contributed by atoms with Crippen LogP contribution in [0.15, 0.2) is 48.5 Å². The average molecular weight is 754 g/mol. The Morgan fingerprint density at radius 2 is 1.33 bits per heavy atom. The molecule has 0 spiro atoms. The maximum absolute atomic E-state index is 13.8. The van der Waals surface area contributed by atoms with Crippen LogP contribution in [0.1, 0.15) is 27.3 Å². The number of carboxylic acid groups (broad SMARTS) is 2. The summed E-state index contributed by atoms with van der Waals surface area (Å²) in [5.74, 6) is -7.00. The Labute approximate surface area is 276 Å². The minimum absolute atomic E-state index is 0.00741. The number of hydrogen-bond acceptors (Lipinski definition) is 7. The summed E-state index contributed by atoms with van der Waals surface area (Å²) in [5.41, 5.74) is 2.26. The van der Waals surface area contributed by atoms with E-state index in [2.05, 4.69) is 10.4 Å². The second-order valence-electron chi connectivity index (χ2n) is 9.68. The summed E-state index contributed by atoms with van der Waals surface area (Å²) < 4.78 is 151. The standard InChI is InChI=1S/C23H20F6N6O2.2C2HF3O2/c24-22(25,26)16-11-14(4-5-17(16)34-6-8-37-9-7-34)32-21(36)18-12-19(23(27,28)29)33-35(18)15-3-1-2-13(10-15)20(30)31;2*3-2(4,5)1(6)7/h1-5,10-12H,6-9H2,(H3,30,31)(H,32,36);2*(H,6,7). The van der Waals surface area contributed by atoms with Crippen LogP contribution in [0.3, 0.4) is 0 Å². The number of carbonyl (C=O) groups is 3. The summed E-state index contributed by atoms with van der Waals surface area (Å²) in [6.45, 7) is 0.999. The molecule has 0 atom stereocenters. The highest BCUT2D eigenvalue weighted by molar-refractivity contribution is 6.04. The van der Waals surface area contributed by atoms with Gasteiger partial charge in [0.2, 0.25) is 0 Å². The highest BCUT2D eigenvalue weighted by atomic mass is 19.4. The van der Waals surface area contributed by atoms with E-state index in [1.807, 2.05) is 0 Å². The topological polar surface area (TPSA) is 184 Å². The number of nitrogens with two attached hydrogens (primary N) is 1. The maximum atomic E-state index is 13.8. The molecule has 4 rings (SSSR count). The van der Waals surface area contributed by atoms with E-state index < -0.39 is 59.5 Å². The minimum atomic E-state index is -5.08. The number of aliphatic carboxylic acids is 2. The summed E-state index contributed by atoms with van der Waals surface area (Å²) in [4.78, 5) is 32.3. The third-order valence-electron chi connectivity index (χ3n) is 6.03. The van der Waals surface area contributed by atoms with Crippen molar-refractivity contribution in [1.82, 2.24) is 9.78 Å². The lowest BCUT2D eigenvalue weighted by molar-refractivity contribution is -0.193. The van der Waals surface area contributed by atoms with Gasteiger partial charge in [-0.15, -0.1) is 0 Å². The molecule has 51 heavy (non-hydrogen) atoms. The highest BCUT2D eigenvalue weighted by Crippen LogP contribution is 2.39. The van der Waals surface area contributed by atoms with Gasteiger partial charge in [0.1, 0.15) is 11.5 Å². The van der Waals surface area contributed by atoms with Crippen molar-refractivity contribution in [1.29, 1.82) is 5.41 Å². The molecule has 280 valence electrons. The van der Waals surface area contributed by atoms with Gasteiger partial charge in [0, 0.05) is 36.1 Å². The number of amides is 1. The first-order valence-corrected chi connectivity index (χ1v) is 13.3. The molecule has 6 N–H and O–H groups in total. The monoisotopic (exact) mass is 754 g/mol. The van der Waals surface area contributed by atoms with Crippen LogP contribution in [0.4, 0.5) is 64.1 Å². The second-order valence-corrected chi connectivity index (χ2v) is 9.68. The number of halogens is 12. The quantitative estimate of drug-likeness (QED) is 0.127. The third-order valence-corrected chi connectivity index (χ3v) is 6.03. The zero-order chi connectivity index (χ0) is 39.1. The molecule has 1 fully saturated rings.